The molecular weight excluding hydrogens is 499 g/mol. The summed E-state index contributed by atoms with van der Waals surface area (Å²) < 4.78 is 51.4. The average Bonchev–Trinajstić information content (AvgIpc) is 3.43. The molecule has 0 saturated carbocycles. The van der Waals surface area contributed by atoms with Crippen molar-refractivity contribution in [3.05, 3.63) is 82.7 Å². The summed E-state index contributed by atoms with van der Waals surface area (Å²) in [7, 11) is 4.72. The molecule has 4 aromatic rings. The Morgan fingerprint density at radius 1 is 1.08 bits per heavy atom. The first kappa shape index (κ1) is 25.3. The Kier molecular flexibility index (Phi) is 6.33. The first-order valence-corrected chi connectivity index (χ1v) is 11.9. The molecule has 0 radical (unpaired) electrons. The van der Waals surface area contributed by atoms with Crippen LogP contribution in [0, 0.1) is 5.41 Å². The number of nitrogens with one attached hydrogen (secondary N) is 1. The van der Waals surface area contributed by atoms with Crippen LogP contribution in [0.5, 0.6) is 5.75 Å². The number of rotatable bonds is 6. The Labute approximate surface area is 216 Å². The molecule has 38 heavy (non-hydrogen) atoms. The van der Waals surface area contributed by atoms with Gasteiger partial charge in [-0.05, 0) is 41.3 Å². The summed E-state index contributed by atoms with van der Waals surface area (Å²) in [6.07, 6.45) is 2.09. The van der Waals surface area contributed by atoms with Crippen LogP contribution in [-0.2, 0) is 39.8 Å². The molecule has 3 aromatic heterocycles. The lowest BCUT2D eigenvalue weighted by Gasteiger charge is -2.30. The maximum atomic E-state index is 13.9. The van der Waals surface area contributed by atoms with E-state index < -0.39 is 11.9 Å². The summed E-state index contributed by atoms with van der Waals surface area (Å²) >= 11 is 0. The van der Waals surface area contributed by atoms with Crippen LogP contribution >= 0.6 is 0 Å². The van der Waals surface area contributed by atoms with E-state index in [1.807, 2.05) is 0 Å². The average molecular weight is 526 g/mol. The molecule has 0 unspecified atom stereocenters. The van der Waals surface area contributed by atoms with E-state index in [1.165, 1.54) is 13.2 Å². The molecule has 0 fully saturated rings. The van der Waals surface area contributed by atoms with Gasteiger partial charge in [0.15, 0.2) is 5.69 Å². The van der Waals surface area contributed by atoms with Crippen LogP contribution in [0.4, 0.5) is 13.2 Å². The molecule has 198 valence electrons. The standard InChI is InChI=1S/C26H26F3N7O2/c1-33-8-9-36(25(33)30)13-16-10-20(22-15-34(2)32-23(22)26(27,28)29)19-5-7-35(24(37)21(19)11-16)14-17-12-18(38-3)4-6-31-17/h4,6,8-12,15,30H,5,7,13-14H2,1-3H3. The molecule has 1 aromatic carbocycles. The van der Waals surface area contributed by atoms with Gasteiger partial charge in [0.25, 0.3) is 5.91 Å². The van der Waals surface area contributed by atoms with Crippen molar-refractivity contribution < 1.29 is 22.7 Å². The molecule has 0 atom stereocenters. The van der Waals surface area contributed by atoms with Gasteiger partial charge in [0, 0.05) is 62.6 Å². The first-order valence-electron chi connectivity index (χ1n) is 11.9. The third-order valence-corrected chi connectivity index (χ3v) is 6.65. The van der Waals surface area contributed by atoms with Gasteiger partial charge in [0.05, 0.1) is 25.9 Å². The summed E-state index contributed by atoms with van der Waals surface area (Å²) in [5.74, 6) is 0.326. The number of ether oxygens (including phenoxy) is 1. The number of aryl methyl sites for hydroxylation is 2. The van der Waals surface area contributed by atoms with Gasteiger partial charge in [0.1, 0.15) is 5.75 Å². The summed E-state index contributed by atoms with van der Waals surface area (Å²) in [5.41, 5.74) is 1.62. The van der Waals surface area contributed by atoms with Gasteiger partial charge in [-0.1, -0.05) is 0 Å². The number of aromatic nitrogens is 5. The van der Waals surface area contributed by atoms with Crippen molar-refractivity contribution in [2.75, 3.05) is 13.7 Å². The minimum absolute atomic E-state index is 0.0713. The molecule has 1 amide bonds. The lowest BCUT2D eigenvalue weighted by atomic mass is 9.88. The summed E-state index contributed by atoms with van der Waals surface area (Å²) in [5, 5.41) is 11.9. The molecule has 4 heterocycles. The number of imidazole rings is 1. The fourth-order valence-corrected chi connectivity index (χ4v) is 4.80. The number of amides is 1. The number of hydrogen-bond donors (Lipinski definition) is 1. The van der Waals surface area contributed by atoms with E-state index in [1.54, 1.807) is 71.0 Å². The molecule has 0 spiro atoms. The lowest BCUT2D eigenvalue weighted by Crippen LogP contribution is -2.37. The number of nitrogens with zero attached hydrogens (tertiary/aromatic N) is 6. The number of methoxy groups -OCH3 is 1. The number of benzene rings is 1. The zero-order valence-corrected chi connectivity index (χ0v) is 21.1. The maximum Gasteiger partial charge on any atom is 0.435 e. The number of halogens is 3. The van der Waals surface area contributed by atoms with Crippen molar-refractivity contribution in [1.29, 1.82) is 5.41 Å². The number of alkyl halides is 3. The molecule has 0 saturated heterocycles. The van der Waals surface area contributed by atoms with Crippen molar-refractivity contribution in [3.8, 4) is 16.9 Å². The number of carbonyl (C=O) groups is 1. The molecule has 0 bridgehead atoms. The molecular formula is C26H26F3N7O2. The molecule has 0 aliphatic carbocycles. The van der Waals surface area contributed by atoms with Gasteiger partial charge >= 0.3 is 6.18 Å². The Hall–Kier alpha value is -4.35. The zero-order chi connectivity index (χ0) is 27.2. The Morgan fingerprint density at radius 2 is 1.84 bits per heavy atom. The monoisotopic (exact) mass is 525 g/mol. The fourth-order valence-electron chi connectivity index (χ4n) is 4.80. The molecule has 1 aliphatic rings. The highest BCUT2D eigenvalue weighted by molar-refractivity contribution is 5.99. The summed E-state index contributed by atoms with van der Waals surface area (Å²) in [6, 6.07) is 6.85. The summed E-state index contributed by atoms with van der Waals surface area (Å²) in [4.78, 5) is 19.7. The third kappa shape index (κ3) is 4.69. The second-order valence-electron chi connectivity index (χ2n) is 9.26. The van der Waals surface area contributed by atoms with Crippen LogP contribution in [0.3, 0.4) is 0 Å². The van der Waals surface area contributed by atoms with E-state index in [0.717, 1.165) is 4.68 Å². The minimum atomic E-state index is -4.66. The van der Waals surface area contributed by atoms with Crippen molar-refractivity contribution in [2.24, 2.45) is 14.1 Å². The highest BCUT2D eigenvalue weighted by Gasteiger charge is 2.39. The topological polar surface area (TPSA) is 94.0 Å². The lowest BCUT2D eigenvalue weighted by molar-refractivity contribution is -0.140. The zero-order valence-electron chi connectivity index (χ0n) is 21.1. The Morgan fingerprint density at radius 3 is 2.53 bits per heavy atom. The molecule has 1 N–H and O–H groups in total. The van der Waals surface area contributed by atoms with E-state index >= 15 is 0 Å². The molecule has 12 heteroatoms. The van der Waals surface area contributed by atoms with E-state index in [9.17, 15) is 18.0 Å². The van der Waals surface area contributed by atoms with Gasteiger partial charge in [0.2, 0.25) is 5.62 Å². The van der Waals surface area contributed by atoms with E-state index in [2.05, 4.69) is 10.1 Å². The van der Waals surface area contributed by atoms with Crippen LogP contribution in [0.15, 0.2) is 49.1 Å². The number of fused-ring (bicyclic) bond motifs is 1. The highest BCUT2D eigenvalue weighted by atomic mass is 19.4. The second-order valence-corrected chi connectivity index (χ2v) is 9.26. The number of pyridine rings is 1. The quantitative estimate of drug-likeness (QED) is 0.418. The van der Waals surface area contributed by atoms with Gasteiger partial charge in [-0.25, -0.2) is 0 Å². The molecule has 9 nitrogen and oxygen atoms in total. The van der Waals surface area contributed by atoms with Crippen LogP contribution in [-0.4, -0.2) is 48.4 Å². The van der Waals surface area contributed by atoms with Crippen LogP contribution in [0.2, 0.25) is 0 Å². The van der Waals surface area contributed by atoms with Crippen LogP contribution in [0.25, 0.3) is 11.1 Å². The third-order valence-electron chi connectivity index (χ3n) is 6.65. The van der Waals surface area contributed by atoms with E-state index in [-0.39, 0.29) is 30.2 Å². The van der Waals surface area contributed by atoms with E-state index in [4.69, 9.17) is 10.1 Å². The van der Waals surface area contributed by atoms with Gasteiger partial charge in [-0.3, -0.25) is 19.9 Å². The smallest absolute Gasteiger partial charge is 0.435 e. The van der Waals surface area contributed by atoms with Gasteiger partial charge in [-0.15, -0.1) is 0 Å². The SMILES string of the molecule is COc1ccnc(CN2CCc3c(cc(Cn4ccn(C)c4=N)cc3-c3cn(C)nc3C(F)(F)F)C2=O)c1. The van der Waals surface area contributed by atoms with Crippen molar-refractivity contribution in [2.45, 2.75) is 25.7 Å². The normalized spacial score (nSPS) is 13.6. The Balaban J connectivity index is 1.61. The number of hydrogen-bond acceptors (Lipinski definition) is 5. The van der Waals surface area contributed by atoms with Crippen molar-refractivity contribution in [3.63, 3.8) is 0 Å². The van der Waals surface area contributed by atoms with Gasteiger partial charge < -0.3 is 18.8 Å². The first-order chi connectivity index (χ1) is 18.0. The van der Waals surface area contributed by atoms with Crippen molar-refractivity contribution >= 4 is 5.91 Å². The van der Waals surface area contributed by atoms with Crippen LogP contribution in [0.1, 0.15) is 32.9 Å². The maximum absolute atomic E-state index is 13.9. The van der Waals surface area contributed by atoms with Crippen LogP contribution < -0.4 is 10.4 Å². The van der Waals surface area contributed by atoms with E-state index in [0.29, 0.717) is 46.7 Å². The molecule has 5 rings (SSSR count). The molecule has 1 aliphatic heterocycles. The Bertz CT molecular complexity index is 1580. The highest BCUT2D eigenvalue weighted by Crippen LogP contribution is 2.40. The fraction of sp³-hybridized carbons (Fsp3) is 0.308. The van der Waals surface area contributed by atoms with Gasteiger partial charge in [-0.2, -0.15) is 18.3 Å². The predicted molar refractivity (Wildman–Crippen MR) is 131 cm³/mol. The minimum Gasteiger partial charge on any atom is -0.497 e. The predicted octanol–water partition coefficient (Wildman–Crippen LogP) is 3.38. The number of carbonyl (C=O) groups excluding carboxylic acids is 1. The largest absolute Gasteiger partial charge is 0.497 e. The summed E-state index contributed by atoms with van der Waals surface area (Å²) in [6.45, 7) is 0.773. The second kappa shape index (κ2) is 9.51. The van der Waals surface area contributed by atoms with Crippen molar-refractivity contribution in [1.82, 2.24) is 28.8 Å².